The van der Waals surface area contributed by atoms with Crippen LogP contribution in [-0.2, 0) is 4.79 Å². The van der Waals surface area contributed by atoms with Gasteiger partial charge in [-0.2, -0.15) is 0 Å². The third kappa shape index (κ3) is 3.76. The standard InChI is InChI=1S/C18H16N2O2S/c1-12-3-5-13(6-4-12)7-10-17(21)20-18-19-15-9-8-14(22-2)11-16(15)23-18/h3-11H,1-2H3,(H,19,20,21)/b10-7+. The van der Waals surface area contributed by atoms with Crippen molar-refractivity contribution in [1.29, 1.82) is 0 Å². The number of nitrogens with zero attached hydrogens (tertiary/aromatic N) is 1. The predicted octanol–water partition coefficient (Wildman–Crippen LogP) is 4.27. The molecule has 0 atom stereocenters. The van der Waals surface area contributed by atoms with Crippen LogP contribution in [0, 0.1) is 6.92 Å². The van der Waals surface area contributed by atoms with E-state index in [1.807, 2.05) is 49.4 Å². The number of thiazole rings is 1. The maximum absolute atomic E-state index is 12.0. The number of methoxy groups -OCH3 is 1. The summed E-state index contributed by atoms with van der Waals surface area (Å²) < 4.78 is 6.16. The first-order chi connectivity index (χ1) is 11.1. The Balaban J connectivity index is 1.71. The van der Waals surface area contributed by atoms with Crippen LogP contribution in [0.2, 0.25) is 0 Å². The fourth-order valence-electron chi connectivity index (χ4n) is 2.08. The second-order valence-electron chi connectivity index (χ2n) is 5.09. The number of carbonyl (C=O) groups is 1. The molecule has 3 rings (SSSR count). The lowest BCUT2D eigenvalue weighted by Gasteiger charge is -1.96. The fourth-order valence-corrected chi connectivity index (χ4v) is 2.98. The van der Waals surface area contributed by atoms with Crippen molar-refractivity contribution in [2.45, 2.75) is 6.92 Å². The van der Waals surface area contributed by atoms with Crippen molar-refractivity contribution < 1.29 is 9.53 Å². The second-order valence-corrected chi connectivity index (χ2v) is 6.12. The van der Waals surface area contributed by atoms with E-state index in [1.54, 1.807) is 13.2 Å². The highest BCUT2D eigenvalue weighted by Gasteiger charge is 2.06. The number of carbonyl (C=O) groups excluding carboxylic acids is 1. The zero-order valence-corrected chi connectivity index (χ0v) is 13.7. The van der Waals surface area contributed by atoms with Crippen molar-refractivity contribution in [1.82, 2.24) is 4.98 Å². The van der Waals surface area contributed by atoms with Crippen LogP contribution in [0.1, 0.15) is 11.1 Å². The molecule has 0 aliphatic rings. The second kappa shape index (κ2) is 6.62. The molecule has 0 saturated heterocycles. The van der Waals surface area contributed by atoms with Crippen molar-refractivity contribution in [2.24, 2.45) is 0 Å². The van der Waals surface area contributed by atoms with Gasteiger partial charge in [-0.15, -0.1) is 0 Å². The van der Waals surface area contributed by atoms with Gasteiger partial charge < -0.3 is 4.74 Å². The van der Waals surface area contributed by atoms with E-state index < -0.39 is 0 Å². The van der Waals surface area contributed by atoms with Crippen molar-refractivity contribution in [3.8, 4) is 5.75 Å². The summed E-state index contributed by atoms with van der Waals surface area (Å²) in [6.45, 7) is 2.03. The molecule has 0 saturated carbocycles. The number of hydrogen-bond donors (Lipinski definition) is 1. The lowest BCUT2D eigenvalue weighted by atomic mass is 10.1. The molecule has 2 aromatic carbocycles. The molecule has 0 aliphatic heterocycles. The van der Waals surface area contributed by atoms with Crippen molar-refractivity contribution in [2.75, 3.05) is 12.4 Å². The number of benzene rings is 2. The van der Waals surface area contributed by atoms with Crippen molar-refractivity contribution >= 4 is 38.7 Å². The summed E-state index contributed by atoms with van der Waals surface area (Å²) >= 11 is 1.42. The lowest BCUT2D eigenvalue weighted by Crippen LogP contribution is -2.07. The minimum absolute atomic E-state index is 0.198. The van der Waals surface area contributed by atoms with Crippen LogP contribution >= 0.6 is 11.3 Å². The molecule has 1 heterocycles. The third-order valence-electron chi connectivity index (χ3n) is 3.33. The molecule has 0 unspecified atom stereocenters. The largest absolute Gasteiger partial charge is 0.497 e. The zero-order valence-electron chi connectivity index (χ0n) is 12.9. The maximum atomic E-state index is 12.0. The Morgan fingerprint density at radius 2 is 2.00 bits per heavy atom. The zero-order chi connectivity index (χ0) is 16.2. The van der Waals surface area contributed by atoms with Gasteiger partial charge in [-0.05, 0) is 36.8 Å². The monoisotopic (exact) mass is 324 g/mol. The minimum Gasteiger partial charge on any atom is -0.497 e. The number of amides is 1. The van der Waals surface area contributed by atoms with Crippen LogP contribution in [0.5, 0.6) is 5.75 Å². The van der Waals surface area contributed by atoms with E-state index in [4.69, 9.17) is 4.74 Å². The normalized spacial score (nSPS) is 11.0. The van der Waals surface area contributed by atoms with E-state index >= 15 is 0 Å². The summed E-state index contributed by atoms with van der Waals surface area (Å²) in [5.41, 5.74) is 3.02. The summed E-state index contributed by atoms with van der Waals surface area (Å²) in [6, 6.07) is 13.6. The first kappa shape index (κ1) is 15.2. The minimum atomic E-state index is -0.198. The van der Waals surface area contributed by atoms with Gasteiger partial charge in [0.05, 0.1) is 17.3 Å². The molecule has 3 aromatic rings. The van der Waals surface area contributed by atoms with Gasteiger partial charge in [-0.1, -0.05) is 41.2 Å². The summed E-state index contributed by atoms with van der Waals surface area (Å²) in [7, 11) is 1.63. The van der Waals surface area contributed by atoms with Crippen LogP contribution in [0.25, 0.3) is 16.3 Å². The quantitative estimate of drug-likeness (QED) is 0.729. The number of fused-ring (bicyclic) bond motifs is 1. The molecule has 0 fully saturated rings. The maximum Gasteiger partial charge on any atom is 0.250 e. The van der Waals surface area contributed by atoms with E-state index in [0.717, 1.165) is 21.5 Å². The van der Waals surface area contributed by atoms with Gasteiger partial charge in [-0.3, -0.25) is 10.1 Å². The summed E-state index contributed by atoms with van der Waals surface area (Å²) in [4.78, 5) is 16.4. The average Bonchev–Trinajstić information content (AvgIpc) is 2.95. The number of rotatable bonds is 4. The first-order valence-corrected chi connectivity index (χ1v) is 7.96. The van der Waals surface area contributed by atoms with Gasteiger partial charge in [0, 0.05) is 6.08 Å². The third-order valence-corrected chi connectivity index (χ3v) is 4.26. The van der Waals surface area contributed by atoms with E-state index in [2.05, 4.69) is 10.3 Å². The highest BCUT2D eigenvalue weighted by atomic mass is 32.1. The van der Waals surface area contributed by atoms with Gasteiger partial charge in [0.2, 0.25) is 5.91 Å². The first-order valence-electron chi connectivity index (χ1n) is 7.14. The Morgan fingerprint density at radius 3 is 2.74 bits per heavy atom. The molecule has 0 spiro atoms. The van der Waals surface area contributed by atoms with Gasteiger partial charge >= 0.3 is 0 Å². The number of aromatic nitrogens is 1. The number of ether oxygens (including phenoxy) is 1. The van der Waals surface area contributed by atoms with Crippen LogP contribution in [-0.4, -0.2) is 18.0 Å². The Labute approximate surface area is 138 Å². The molecular weight excluding hydrogens is 308 g/mol. The Hall–Kier alpha value is -2.66. The van der Waals surface area contributed by atoms with Crippen molar-refractivity contribution in [3.05, 3.63) is 59.7 Å². The number of nitrogens with one attached hydrogen (secondary N) is 1. The van der Waals surface area contributed by atoms with Crippen LogP contribution in [0.15, 0.2) is 48.5 Å². The molecule has 1 amide bonds. The average molecular weight is 324 g/mol. The molecule has 23 heavy (non-hydrogen) atoms. The van der Waals surface area contributed by atoms with E-state index in [0.29, 0.717) is 5.13 Å². The Bertz CT molecular complexity index is 866. The van der Waals surface area contributed by atoms with Crippen LogP contribution < -0.4 is 10.1 Å². The summed E-state index contributed by atoms with van der Waals surface area (Å²) in [5.74, 6) is 0.579. The predicted molar refractivity (Wildman–Crippen MR) is 95.0 cm³/mol. The van der Waals surface area contributed by atoms with Crippen LogP contribution in [0.4, 0.5) is 5.13 Å². The SMILES string of the molecule is COc1ccc2nc(NC(=O)/C=C/c3ccc(C)cc3)sc2c1. The molecule has 4 nitrogen and oxygen atoms in total. The van der Waals surface area contributed by atoms with Crippen molar-refractivity contribution in [3.63, 3.8) is 0 Å². The Morgan fingerprint density at radius 1 is 1.22 bits per heavy atom. The van der Waals surface area contributed by atoms with Gasteiger partial charge in [0.25, 0.3) is 0 Å². The number of hydrogen-bond acceptors (Lipinski definition) is 4. The molecule has 0 aliphatic carbocycles. The van der Waals surface area contributed by atoms with Gasteiger partial charge in [0.1, 0.15) is 5.75 Å². The van der Waals surface area contributed by atoms with E-state index in [-0.39, 0.29) is 5.91 Å². The number of anilines is 1. The van der Waals surface area contributed by atoms with Gasteiger partial charge in [-0.25, -0.2) is 4.98 Å². The van der Waals surface area contributed by atoms with E-state index in [9.17, 15) is 4.79 Å². The van der Waals surface area contributed by atoms with E-state index in [1.165, 1.54) is 23.0 Å². The molecule has 0 radical (unpaired) electrons. The molecule has 116 valence electrons. The summed E-state index contributed by atoms with van der Waals surface area (Å²) in [6.07, 6.45) is 3.29. The molecule has 5 heteroatoms. The van der Waals surface area contributed by atoms with Gasteiger partial charge in [0.15, 0.2) is 5.13 Å². The topological polar surface area (TPSA) is 51.2 Å². The Kier molecular flexibility index (Phi) is 4.39. The molecule has 1 N–H and O–H groups in total. The highest BCUT2D eigenvalue weighted by Crippen LogP contribution is 2.29. The summed E-state index contributed by atoms with van der Waals surface area (Å²) in [5, 5.41) is 3.37. The molecule has 0 bridgehead atoms. The fraction of sp³-hybridized carbons (Fsp3) is 0.111. The number of aryl methyl sites for hydroxylation is 1. The molecule has 1 aromatic heterocycles. The highest BCUT2D eigenvalue weighted by molar-refractivity contribution is 7.22. The smallest absolute Gasteiger partial charge is 0.250 e. The molecular formula is C18H16N2O2S. The van der Waals surface area contributed by atoms with Crippen LogP contribution in [0.3, 0.4) is 0 Å². The lowest BCUT2D eigenvalue weighted by molar-refractivity contribution is -0.111.